The van der Waals surface area contributed by atoms with Crippen molar-refractivity contribution in [1.82, 2.24) is 0 Å². The van der Waals surface area contributed by atoms with Gasteiger partial charge in [-0.3, -0.25) is 4.57 Å². The fourth-order valence-corrected chi connectivity index (χ4v) is 5.85. The summed E-state index contributed by atoms with van der Waals surface area (Å²) in [7, 11) is 1.20. The molecular weight excluding hydrogens is 345 g/mol. The molecule has 158 valence electrons. The Bertz CT molecular complexity index is 369. The van der Waals surface area contributed by atoms with Gasteiger partial charge in [-0.1, -0.05) is 58.3 Å². The van der Waals surface area contributed by atoms with Crippen molar-refractivity contribution < 1.29 is 18.1 Å². The summed E-state index contributed by atoms with van der Waals surface area (Å²) in [5.74, 6) is 0. The molecule has 0 aromatic heterocycles. The molecule has 0 aromatic rings. The Hall–Kier alpha value is 0.110. The molecule has 0 saturated heterocycles. The highest BCUT2D eigenvalue weighted by atomic mass is 31.2. The fourth-order valence-electron chi connectivity index (χ4n) is 3.30. The third kappa shape index (κ3) is 15.2. The number of hydrogen-bond donors (Lipinski definition) is 0. The topological polar surface area (TPSA) is 35.5 Å². The lowest BCUT2D eigenvalue weighted by atomic mass is 10.1. The first-order chi connectivity index (χ1) is 12.1. The first-order valence-corrected chi connectivity index (χ1v) is 12.6. The van der Waals surface area contributed by atoms with Crippen LogP contribution in [0.3, 0.4) is 0 Å². The fraction of sp³-hybridized carbons (Fsp3) is 1.00. The monoisotopic (exact) mass is 392 g/mol. The van der Waals surface area contributed by atoms with Crippen molar-refractivity contribution in [3.05, 3.63) is 0 Å². The van der Waals surface area contributed by atoms with Crippen molar-refractivity contribution in [3.63, 3.8) is 0 Å². The van der Waals surface area contributed by atoms with Gasteiger partial charge in [0.2, 0.25) is 0 Å². The van der Waals surface area contributed by atoms with Crippen LogP contribution in [-0.4, -0.2) is 43.6 Å². The predicted octanol–water partition coefficient (Wildman–Crippen LogP) is 6.98. The largest absolute Gasteiger partial charge is 0.385 e. The van der Waals surface area contributed by atoms with Crippen LogP contribution in [0, 0.1) is 0 Å². The van der Waals surface area contributed by atoms with Crippen molar-refractivity contribution in [1.29, 1.82) is 0 Å². The van der Waals surface area contributed by atoms with E-state index in [-0.39, 0.29) is 12.2 Å². The molecule has 0 aliphatic rings. The third-order valence-corrected chi connectivity index (χ3v) is 7.01. The summed E-state index contributed by atoms with van der Waals surface area (Å²) < 4.78 is 25.2. The van der Waals surface area contributed by atoms with Gasteiger partial charge < -0.3 is 13.5 Å². The number of quaternary nitrogens is 1. The van der Waals surface area contributed by atoms with Crippen molar-refractivity contribution in [2.45, 2.75) is 111 Å². The van der Waals surface area contributed by atoms with Crippen LogP contribution in [-0.2, 0) is 13.6 Å². The van der Waals surface area contributed by atoms with Crippen molar-refractivity contribution in [2.24, 2.45) is 0 Å². The Labute approximate surface area is 164 Å². The average molecular weight is 393 g/mol. The van der Waals surface area contributed by atoms with Crippen LogP contribution in [0.4, 0.5) is 0 Å². The van der Waals surface area contributed by atoms with E-state index in [0.717, 1.165) is 6.54 Å². The summed E-state index contributed by atoms with van der Waals surface area (Å²) in [5.41, 5.74) is 0. The van der Waals surface area contributed by atoms with Crippen molar-refractivity contribution in [2.75, 3.05) is 26.9 Å². The molecule has 0 amide bonds. The minimum absolute atomic E-state index is 0.0862. The number of hydrogen-bond acceptors (Lipinski definition) is 3. The summed E-state index contributed by atoms with van der Waals surface area (Å²) >= 11 is 0. The van der Waals surface area contributed by atoms with Crippen molar-refractivity contribution in [3.8, 4) is 0 Å². The average Bonchev–Trinajstić information content (AvgIpc) is 2.46. The van der Waals surface area contributed by atoms with Gasteiger partial charge in [-0.25, -0.2) is 0 Å². The van der Waals surface area contributed by atoms with Crippen LogP contribution in [0.2, 0.25) is 0 Å². The quantitative estimate of drug-likeness (QED) is 0.152. The van der Waals surface area contributed by atoms with Gasteiger partial charge in [-0.15, -0.1) is 0 Å². The van der Waals surface area contributed by atoms with Crippen LogP contribution in [0.5, 0.6) is 0 Å². The van der Waals surface area contributed by atoms with Crippen LogP contribution < -0.4 is 0 Å². The highest BCUT2D eigenvalue weighted by molar-refractivity contribution is 7.53. The summed E-state index contributed by atoms with van der Waals surface area (Å²) in [6, 6.07) is 0. The van der Waals surface area contributed by atoms with Gasteiger partial charge in [0, 0.05) is 0 Å². The van der Waals surface area contributed by atoms with Crippen LogP contribution >= 0.6 is 7.60 Å². The highest BCUT2D eigenvalue weighted by Crippen LogP contribution is 2.51. The SMILES string of the molecule is CCCCCCCCCCCC[N+](C)(C)CP(=O)(OC(C)C)OC(C)C. The smallest absolute Gasteiger partial charge is 0.318 e. The maximum Gasteiger partial charge on any atom is 0.385 e. The van der Waals surface area contributed by atoms with Gasteiger partial charge in [0.15, 0.2) is 6.29 Å². The number of nitrogens with zero attached hydrogens (tertiary/aromatic N) is 1. The van der Waals surface area contributed by atoms with Gasteiger partial charge in [0.05, 0.1) is 32.8 Å². The molecular formula is C21H47NO3P+. The molecule has 0 unspecified atom stereocenters. The third-order valence-electron chi connectivity index (χ3n) is 4.42. The van der Waals surface area contributed by atoms with E-state index >= 15 is 0 Å². The van der Waals surface area contributed by atoms with E-state index in [9.17, 15) is 4.57 Å². The first-order valence-electron chi connectivity index (χ1n) is 10.9. The minimum Gasteiger partial charge on any atom is -0.318 e. The molecule has 0 spiro atoms. The highest BCUT2D eigenvalue weighted by Gasteiger charge is 2.36. The second-order valence-corrected chi connectivity index (χ2v) is 10.8. The van der Waals surface area contributed by atoms with E-state index in [1.807, 2.05) is 27.7 Å². The summed E-state index contributed by atoms with van der Waals surface area (Å²) in [6.45, 7) is 10.9. The summed E-state index contributed by atoms with van der Waals surface area (Å²) in [6.07, 6.45) is 13.7. The zero-order valence-corrected chi connectivity index (χ0v) is 19.7. The second kappa shape index (κ2) is 14.2. The molecule has 0 aliphatic carbocycles. The van der Waals surface area contributed by atoms with E-state index in [4.69, 9.17) is 9.05 Å². The molecule has 0 heterocycles. The molecule has 0 aliphatic heterocycles. The molecule has 0 aromatic carbocycles. The molecule has 26 heavy (non-hydrogen) atoms. The Morgan fingerprint density at radius 3 is 1.50 bits per heavy atom. The Morgan fingerprint density at radius 1 is 0.731 bits per heavy atom. The Kier molecular flexibility index (Phi) is 14.2. The zero-order chi connectivity index (χ0) is 20.1. The molecule has 0 rings (SSSR count). The lowest BCUT2D eigenvalue weighted by Crippen LogP contribution is -2.42. The van der Waals surface area contributed by atoms with E-state index < -0.39 is 7.60 Å². The normalized spacial score (nSPS) is 13.1. The van der Waals surface area contributed by atoms with Gasteiger partial charge in [0.25, 0.3) is 0 Å². The van der Waals surface area contributed by atoms with Crippen LogP contribution in [0.1, 0.15) is 98.8 Å². The zero-order valence-electron chi connectivity index (χ0n) is 18.8. The summed E-state index contributed by atoms with van der Waals surface area (Å²) in [5, 5.41) is 0. The molecule has 0 fully saturated rings. The molecule has 0 bridgehead atoms. The molecule has 4 nitrogen and oxygen atoms in total. The molecule has 0 atom stereocenters. The summed E-state index contributed by atoms with van der Waals surface area (Å²) in [4.78, 5) is 0. The van der Waals surface area contributed by atoms with Crippen LogP contribution in [0.25, 0.3) is 0 Å². The first kappa shape index (κ1) is 26.1. The lowest BCUT2D eigenvalue weighted by Gasteiger charge is -2.34. The van der Waals surface area contributed by atoms with Crippen molar-refractivity contribution >= 4 is 7.60 Å². The Morgan fingerprint density at radius 2 is 1.12 bits per heavy atom. The molecule has 0 N–H and O–H groups in total. The minimum atomic E-state index is -3.06. The van der Waals surface area contributed by atoms with Gasteiger partial charge in [0.1, 0.15) is 0 Å². The Balaban J connectivity index is 4.05. The molecule has 0 radical (unpaired) electrons. The van der Waals surface area contributed by atoms with Gasteiger partial charge in [-0.2, -0.15) is 0 Å². The van der Waals surface area contributed by atoms with E-state index in [1.165, 1.54) is 64.2 Å². The standard InChI is InChI=1S/C21H47NO3P/c1-8-9-10-11-12-13-14-15-16-17-18-22(6,7)19-26(23,24-20(2)3)25-21(4)5/h20-21H,8-19H2,1-7H3/q+1. The van der Waals surface area contributed by atoms with E-state index in [1.54, 1.807) is 0 Å². The predicted molar refractivity (Wildman–Crippen MR) is 114 cm³/mol. The molecule has 0 saturated carbocycles. The van der Waals surface area contributed by atoms with E-state index in [0.29, 0.717) is 10.8 Å². The lowest BCUT2D eigenvalue weighted by molar-refractivity contribution is -0.880. The second-order valence-electron chi connectivity index (χ2n) is 8.90. The van der Waals surface area contributed by atoms with Gasteiger partial charge >= 0.3 is 7.60 Å². The molecule has 5 heteroatoms. The maximum absolute atomic E-state index is 13.1. The van der Waals surface area contributed by atoms with Gasteiger partial charge in [-0.05, 0) is 40.5 Å². The maximum atomic E-state index is 13.1. The number of rotatable bonds is 17. The van der Waals surface area contributed by atoms with E-state index in [2.05, 4.69) is 21.0 Å². The number of unbranched alkanes of at least 4 members (excludes halogenated alkanes) is 9. The van der Waals surface area contributed by atoms with Crippen LogP contribution in [0.15, 0.2) is 0 Å².